The average Bonchev–Trinajstić information content (AvgIpc) is 3.09. The molecule has 196 valence electrons. The number of hydrogen-bond acceptors (Lipinski definition) is 11. The molecular weight excluding hydrogens is 462 g/mol. The summed E-state index contributed by atoms with van der Waals surface area (Å²) in [4.78, 5) is 25.9. The first-order chi connectivity index (χ1) is 16.6. The fourth-order valence-corrected chi connectivity index (χ4v) is 4.38. The Bertz CT molecular complexity index is 870. The van der Waals surface area contributed by atoms with Crippen LogP contribution in [0.1, 0.15) is 38.2 Å². The Labute approximate surface area is 203 Å². The van der Waals surface area contributed by atoms with E-state index in [4.69, 9.17) is 15.2 Å². The molecule has 1 unspecified atom stereocenters. The number of nitrogens with one attached hydrogen (secondary N) is 1. The number of carbonyl (C=O) groups excluding carboxylic acids is 2. The van der Waals surface area contributed by atoms with Gasteiger partial charge in [-0.2, -0.15) is 5.06 Å². The van der Waals surface area contributed by atoms with Gasteiger partial charge in [-0.05, 0) is 30.5 Å². The molecule has 35 heavy (non-hydrogen) atoms. The maximum absolute atomic E-state index is 13.0. The highest BCUT2D eigenvalue weighted by Gasteiger charge is 2.65. The Morgan fingerprint density at radius 1 is 1.23 bits per heavy atom. The molecule has 0 radical (unpaired) electrons. The summed E-state index contributed by atoms with van der Waals surface area (Å²) in [5, 5.41) is 54.7. The van der Waals surface area contributed by atoms with Crippen molar-refractivity contribution in [2.75, 3.05) is 13.2 Å². The summed E-state index contributed by atoms with van der Waals surface area (Å²) in [5.41, 5.74) is 4.52. The third-order valence-electron chi connectivity index (χ3n) is 6.53. The quantitative estimate of drug-likeness (QED) is 0.143. The van der Waals surface area contributed by atoms with Crippen LogP contribution in [-0.2, 0) is 25.5 Å². The van der Waals surface area contributed by atoms with Crippen LogP contribution in [0.4, 0.5) is 0 Å². The molecule has 2 aliphatic heterocycles. The number of hydroxylamine groups is 2. The summed E-state index contributed by atoms with van der Waals surface area (Å²) in [7, 11) is 0. The Balaban J connectivity index is 1.76. The second kappa shape index (κ2) is 11.6. The van der Waals surface area contributed by atoms with Crippen LogP contribution in [-0.4, -0.2) is 97.9 Å². The van der Waals surface area contributed by atoms with Gasteiger partial charge < -0.3 is 46.2 Å². The van der Waals surface area contributed by atoms with Crippen molar-refractivity contribution in [2.45, 2.75) is 81.2 Å². The Hall–Kier alpha value is -2.32. The molecule has 2 aliphatic rings. The molecule has 2 saturated heterocycles. The van der Waals surface area contributed by atoms with Gasteiger partial charge in [0.2, 0.25) is 5.91 Å². The summed E-state index contributed by atoms with van der Waals surface area (Å²) in [5.74, 6) is -1.65. The van der Waals surface area contributed by atoms with E-state index in [0.717, 1.165) is 19.3 Å². The maximum atomic E-state index is 13.0. The largest absolute Gasteiger partial charge is 0.508 e. The van der Waals surface area contributed by atoms with E-state index >= 15 is 0 Å². The summed E-state index contributed by atoms with van der Waals surface area (Å²) in [6.07, 6.45) is -1.49. The van der Waals surface area contributed by atoms with E-state index in [-0.39, 0.29) is 18.8 Å². The number of nitrogens with two attached hydrogens (primary N) is 1. The standard InChI is InChI=1S/C23H35N3O9/c1-2-3-4-5-10-34-22(31)16(17-18(28)23(32)12-35-21(19(23)29)26(17)33)25-20(30)15(24)11-13-6-8-14(27)9-7-13/h6-9,15-19,21,27-29,32-33H,2-5,10-12,24H2,1H3,(H,25,30)/t15-,16?,17-,18-,19-,21-,23+/m0/s1. The number of rotatable bonds is 11. The number of amides is 1. The smallest absolute Gasteiger partial charge is 0.330 e. The lowest BCUT2D eigenvalue weighted by Crippen LogP contribution is -2.74. The van der Waals surface area contributed by atoms with Gasteiger partial charge in [-0.15, -0.1) is 0 Å². The number of piperidine rings is 1. The maximum Gasteiger partial charge on any atom is 0.330 e. The van der Waals surface area contributed by atoms with Crippen molar-refractivity contribution in [3.63, 3.8) is 0 Å². The predicted molar refractivity (Wildman–Crippen MR) is 121 cm³/mol. The number of fused-ring (bicyclic) bond motifs is 2. The van der Waals surface area contributed by atoms with Crippen molar-refractivity contribution in [3.8, 4) is 5.75 Å². The molecule has 0 saturated carbocycles. The van der Waals surface area contributed by atoms with Crippen LogP contribution in [0.15, 0.2) is 24.3 Å². The summed E-state index contributed by atoms with van der Waals surface area (Å²) in [6.45, 7) is 1.61. The lowest BCUT2D eigenvalue weighted by molar-refractivity contribution is -0.298. The molecule has 12 nitrogen and oxygen atoms in total. The SMILES string of the molecule is CCCCCCOC(=O)C(NC(=O)[C@@H](N)Cc1ccc(O)cc1)[C@H]1[C@H](O)[C@]2(O)CO[C@@H]([C@@H]2O)N1O. The van der Waals surface area contributed by atoms with Crippen molar-refractivity contribution in [1.29, 1.82) is 0 Å². The number of esters is 1. The molecule has 1 aromatic carbocycles. The minimum Gasteiger partial charge on any atom is -0.508 e. The lowest BCUT2D eigenvalue weighted by atomic mass is 9.80. The van der Waals surface area contributed by atoms with Crippen LogP contribution in [0.3, 0.4) is 0 Å². The number of carbonyl (C=O) groups is 2. The monoisotopic (exact) mass is 497 g/mol. The summed E-state index contributed by atoms with van der Waals surface area (Å²) < 4.78 is 10.5. The van der Waals surface area contributed by atoms with Gasteiger partial charge in [-0.1, -0.05) is 38.3 Å². The topological polar surface area (TPSA) is 195 Å². The first kappa shape index (κ1) is 27.3. The summed E-state index contributed by atoms with van der Waals surface area (Å²) >= 11 is 0. The molecule has 0 aliphatic carbocycles. The van der Waals surface area contributed by atoms with Crippen LogP contribution >= 0.6 is 0 Å². The third-order valence-corrected chi connectivity index (χ3v) is 6.53. The number of phenols is 1. The first-order valence-corrected chi connectivity index (χ1v) is 11.8. The van der Waals surface area contributed by atoms with E-state index in [1.165, 1.54) is 12.1 Å². The zero-order chi connectivity index (χ0) is 25.8. The average molecular weight is 498 g/mol. The number of hydrogen-bond donors (Lipinski definition) is 7. The number of phenolic OH excluding ortho intramolecular Hbond substituents is 1. The number of aromatic hydroxyl groups is 1. The predicted octanol–water partition coefficient (Wildman–Crippen LogP) is -1.25. The molecule has 2 fully saturated rings. The van der Waals surface area contributed by atoms with Crippen molar-refractivity contribution >= 4 is 11.9 Å². The molecule has 0 aromatic heterocycles. The minimum absolute atomic E-state index is 0.0554. The Morgan fingerprint density at radius 2 is 1.91 bits per heavy atom. The normalized spacial score (nSPS) is 30.0. The number of ether oxygens (including phenoxy) is 2. The second-order valence-electron chi connectivity index (χ2n) is 9.14. The van der Waals surface area contributed by atoms with Gasteiger partial charge in [-0.25, -0.2) is 4.79 Å². The molecule has 1 amide bonds. The lowest BCUT2D eigenvalue weighted by Gasteiger charge is -2.46. The fraction of sp³-hybridized carbons (Fsp3) is 0.652. The van der Waals surface area contributed by atoms with Gasteiger partial charge in [0.05, 0.1) is 25.3 Å². The third kappa shape index (κ3) is 5.92. The fourth-order valence-electron chi connectivity index (χ4n) is 4.38. The first-order valence-electron chi connectivity index (χ1n) is 11.8. The molecule has 2 heterocycles. The number of nitrogens with zero attached hydrogens (tertiary/aromatic N) is 1. The van der Waals surface area contributed by atoms with E-state index < -0.39 is 60.6 Å². The highest BCUT2D eigenvalue weighted by Crippen LogP contribution is 2.39. The van der Waals surface area contributed by atoms with Crippen LogP contribution in [0.5, 0.6) is 5.75 Å². The molecule has 3 rings (SSSR count). The van der Waals surface area contributed by atoms with Crippen molar-refractivity contribution in [3.05, 3.63) is 29.8 Å². The van der Waals surface area contributed by atoms with Crippen molar-refractivity contribution in [1.82, 2.24) is 10.4 Å². The summed E-state index contributed by atoms with van der Waals surface area (Å²) in [6, 6.07) is 1.76. The molecular formula is C23H35N3O9. The van der Waals surface area contributed by atoms with Gasteiger partial charge in [0.15, 0.2) is 6.23 Å². The van der Waals surface area contributed by atoms with Crippen LogP contribution in [0.2, 0.25) is 0 Å². The highest BCUT2D eigenvalue weighted by atomic mass is 16.6. The molecule has 1 aromatic rings. The van der Waals surface area contributed by atoms with Crippen molar-refractivity contribution < 1.29 is 44.7 Å². The Kier molecular flexibility index (Phi) is 9.05. The number of benzene rings is 1. The van der Waals surface area contributed by atoms with E-state index in [2.05, 4.69) is 5.32 Å². The van der Waals surface area contributed by atoms with E-state index in [0.29, 0.717) is 17.0 Å². The van der Waals surface area contributed by atoms with Gasteiger partial charge in [0, 0.05) is 0 Å². The number of aliphatic hydroxyl groups is 3. The molecule has 12 heteroatoms. The van der Waals surface area contributed by atoms with Crippen LogP contribution < -0.4 is 11.1 Å². The molecule has 0 spiro atoms. The Morgan fingerprint density at radius 3 is 2.57 bits per heavy atom. The van der Waals surface area contributed by atoms with Gasteiger partial charge >= 0.3 is 5.97 Å². The van der Waals surface area contributed by atoms with E-state index in [1.807, 2.05) is 6.92 Å². The van der Waals surface area contributed by atoms with Crippen molar-refractivity contribution in [2.24, 2.45) is 5.73 Å². The second-order valence-corrected chi connectivity index (χ2v) is 9.14. The van der Waals surface area contributed by atoms with Gasteiger partial charge in [0.1, 0.15) is 29.6 Å². The number of aliphatic hydroxyl groups excluding tert-OH is 2. The highest BCUT2D eigenvalue weighted by molar-refractivity contribution is 5.88. The zero-order valence-corrected chi connectivity index (χ0v) is 19.6. The molecule has 8 N–H and O–H groups in total. The van der Waals surface area contributed by atoms with E-state index in [1.54, 1.807) is 12.1 Å². The molecule has 2 bridgehead atoms. The van der Waals surface area contributed by atoms with Crippen LogP contribution in [0, 0.1) is 0 Å². The van der Waals surface area contributed by atoms with Gasteiger partial charge in [-0.3, -0.25) is 4.79 Å². The van der Waals surface area contributed by atoms with E-state index in [9.17, 15) is 35.2 Å². The van der Waals surface area contributed by atoms with Crippen LogP contribution in [0.25, 0.3) is 0 Å². The van der Waals surface area contributed by atoms with Gasteiger partial charge in [0.25, 0.3) is 0 Å². The minimum atomic E-state index is -2.16. The number of unbranched alkanes of at least 4 members (excludes halogenated alkanes) is 3. The molecule has 7 atom stereocenters. The zero-order valence-electron chi connectivity index (χ0n) is 19.6.